The molecule has 0 saturated carbocycles. The van der Waals surface area contributed by atoms with Gasteiger partial charge in [0.25, 0.3) is 0 Å². The zero-order valence-electron chi connectivity index (χ0n) is 15.1. The first-order chi connectivity index (χ1) is 11.8. The van der Waals surface area contributed by atoms with Crippen molar-refractivity contribution in [2.24, 2.45) is 5.73 Å². The monoisotopic (exact) mass is 328 g/mol. The Morgan fingerprint density at radius 1 is 1.12 bits per heavy atom. The molecule has 0 fully saturated rings. The molecule has 24 heavy (non-hydrogen) atoms. The van der Waals surface area contributed by atoms with Gasteiger partial charge in [-0.2, -0.15) is 0 Å². The second-order valence-corrected chi connectivity index (χ2v) is 7.26. The molecule has 2 aromatic rings. The molecule has 3 N–H and O–H groups in total. The highest BCUT2D eigenvalue weighted by Gasteiger charge is 2.20. The molecular formula is C21H32N2O. The highest BCUT2D eigenvalue weighted by atomic mass is 16.5. The van der Waals surface area contributed by atoms with Crippen molar-refractivity contribution in [1.29, 1.82) is 0 Å². The third-order valence-corrected chi connectivity index (χ3v) is 5.21. The molecule has 1 aromatic carbocycles. The lowest BCUT2D eigenvalue weighted by Gasteiger charge is -2.18. The fourth-order valence-electron chi connectivity index (χ4n) is 3.76. The molecule has 0 radical (unpaired) electrons. The number of benzene rings is 1. The summed E-state index contributed by atoms with van der Waals surface area (Å²) in [6, 6.07) is 6.74. The molecule has 1 aliphatic carbocycles. The first-order valence-electron chi connectivity index (χ1n) is 9.79. The van der Waals surface area contributed by atoms with E-state index in [0.29, 0.717) is 6.04 Å². The molecule has 1 atom stereocenters. The Morgan fingerprint density at radius 2 is 1.92 bits per heavy atom. The molecule has 0 bridgehead atoms. The van der Waals surface area contributed by atoms with E-state index in [2.05, 4.69) is 30.1 Å². The van der Waals surface area contributed by atoms with E-state index >= 15 is 0 Å². The number of hydrogen-bond acceptors (Lipinski definition) is 2. The van der Waals surface area contributed by atoms with Gasteiger partial charge in [0.1, 0.15) is 5.75 Å². The average molecular weight is 329 g/mol. The normalized spacial score (nSPS) is 17.2. The molecule has 3 nitrogen and oxygen atoms in total. The van der Waals surface area contributed by atoms with Crippen LogP contribution in [0, 0.1) is 0 Å². The largest absolute Gasteiger partial charge is 0.494 e. The SMILES string of the molecule is CCCCCCCCCOc1ccc2[nH]c3c(c2c1)CC(N)CC3. The van der Waals surface area contributed by atoms with Gasteiger partial charge in [-0.15, -0.1) is 0 Å². The Balaban J connectivity index is 1.50. The van der Waals surface area contributed by atoms with Crippen molar-refractivity contribution in [1.82, 2.24) is 4.98 Å². The minimum absolute atomic E-state index is 0.300. The highest BCUT2D eigenvalue weighted by molar-refractivity contribution is 5.86. The summed E-state index contributed by atoms with van der Waals surface area (Å²) in [5.74, 6) is 0.995. The Bertz CT molecular complexity index is 647. The molecule has 3 rings (SSSR count). The summed E-state index contributed by atoms with van der Waals surface area (Å²) in [6.45, 7) is 3.09. The number of rotatable bonds is 9. The number of aromatic nitrogens is 1. The summed E-state index contributed by atoms with van der Waals surface area (Å²) in [7, 11) is 0. The zero-order valence-corrected chi connectivity index (χ0v) is 15.1. The molecule has 132 valence electrons. The second-order valence-electron chi connectivity index (χ2n) is 7.26. The zero-order chi connectivity index (χ0) is 16.8. The Morgan fingerprint density at radius 3 is 2.75 bits per heavy atom. The lowest BCUT2D eigenvalue weighted by molar-refractivity contribution is 0.304. The van der Waals surface area contributed by atoms with Gasteiger partial charge in [-0.25, -0.2) is 0 Å². The van der Waals surface area contributed by atoms with Crippen LogP contribution in [-0.2, 0) is 12.8 Å². The molecule has 1 aliphatic rings. The van der Waals surface area contributed by atoms with Crippen LogP contribution < -0.4 is 10.5 Å². The van der Waals surface area contributed by atoms with E-state index in [0.717, 1.165) is 38.0 Å². The van der Waals surface area contributed by atoms with Crippen LogP contribution in [0.15, 0.2) is 18.2 Å². The maximum Gasteiger partial charge on any atom is 0.120 e. The van der Waals surface area contributed by atoms with E-state index in [4.69, 9.17) is 10.5 Å². The maximum absolute atomic E-state index is 6.15. The van der Waals surface area contributed by atoms with Gasteiger partial charge in [-0.05, 0) is 49.4 Å². The van der Waals surface area contributed by atoms with E-state index in [1.54, 1.807) is 0 Å². The minimum atomic E-state index is 0.300. The Hall–Kier alpha value is -1.48. The molecular weight excluding hydrogens is 296 g/mol. The lowest BCUT2D eigenvalue weighted by atomic mass is 9.92. The maximum atomic E-state index is 6.15. The summed E-state index contributed by atoms with van der Waals surface area (Å²) < 4.78 is 5.98. The van der Waals surface area contributed by atoms with Crippen molar-refractivity contribution >= 4 is 10.9 Å². The van der Waals surface area contributed by atoms with Crippen LogP contribution >= 0.6 is 0 Å². The van der Waals surface area contributed by atoms with Crippen molar-refractivity contribution in [2.45, 2.75) is 77.2 Å². The van der Waals surface area contributed by atoms with Crippen LogP contribution in [0.2, 0.25) is 0 Å². The van der Waals surface area contributed by atoms with Gasteiger partial charge < -0.3 is 15.5 Å². The van der Waals surface area contributed by atoms with Gasteiger partial charge in [0.2, 0.25) is 0 Å². The van der Waals surface area contributed by atoms with E-state index in [-0.39, 0.29) is 0 Å². The number of aromatic amines is 1. The van der Waals surface area contributed by atoms with Crippen LogP contribution in [0.1, 0.15) is 69.5 Å². The van der Waals surface area contributed by atoms with Gasteiger partial charge in [-0.1, -0.05) is 45.4 Å². The van der Waals surface area contributed by atoms with Crippen molar-refractivity contribution in [2.75, 3.05) is 6.61 Å². The van der Waals surface area contributed by atoms with E-state index < -0.39 is 0 Å². The number of hydrogen-bond donors (Lipinski definition) is 2. The molecule has 0 saturated heterocycles. The molecule has 3 heteroatoms. The van der Waals surface area contributed by atoms with Crippen molar-refractivity contribution in [3.05, 3.63) is 29.5 Å². The predicted molar refractivity (Wildman–Crippen MR) is 102 cm³/mol. The van der Waals surface area contributed by atoms with Gasteiger partial charge in [-0.3, -0.25) is 0 Å². The van der Waals surface area contributed by atoms with Crippen molar-refractivity contribution in [3.63, 3.8) is 0 Å². The molecule has 1 unspecified atom stereocenters. The molecule has 0 spiro atoms. The number of nitrogens with two attached hydrogens (primary N) is 1. The summed E-state index contributed by atoms with van der Waals surface area (Å²) in [4.78, 5) is 3.55. The minimum Gasteiger partial charge on any atom is -0.494 e. The van der Waals surface area contributed by atoms with Gasteiger partial charge in [0, 0.05) is 22.6 Å². The first kappa shape index (κ1) is 17.3. The highest BCUT2D eigenvalue weighted by Crippen LogP contribution is 2.31. The van der Waals surface area contributed by atoms with Gasteiger partial charge >= 0.3 is 0 Å². The fraction of sp³-hybridized carbons (Fsp3) is 0.619. The lowest BCUT2D eigenvalue weighted by Crippen LogP contribution is -2.27. The Labute approximate surface area is 146 Å². The quantitative estimate of drug-likeness (QED) is 0.628. The molecule has 0 amide bonds. The molecule has 1 aromatic heterocycles. The summed E-state index contributed by atoms with van der Waals surface area (Å²) >= 11 is 0. The molecule has 1 heterocycles. The number of ether oxygens (including phenoxy) is 1. The smallest absolute Gasteiger partial charge is 0.120 e. The van der Waals surface area contributed by atoms with Gasteiger partial charge in [0.15, 0.2) is 0 Å². The first-order valence-corrected chi connectivity index (χ1v) is 9.79. The fourth-order valence-corrected chi connectivity index (χ4v) is 3.76. The predicted octanol–water partition coefficient (Wildman–Crippen LogP) is 5.11. The third kappa shape index (κ3) is 4.32. The summed E-state index contributed by atoms with van der Waals surface area (Å²) in [5.41, 5.74) is 10.1. The topological polar surface area (TPSA) is 51.0 Å². The number of aryl methyl sites for hydroxylation is 1. The van der Waals surface area contributed by atoms with Gasteiger partial charge in [0.05, 0.1) is 6.61 Å². The standard InChI is InChI=1S/C21H32N2O/c1-2-3-4-5-6-7-8-13-24-17-10-12-21-19(15-17)18-14-16(22)9-11-20(18)23-21/h10,12,15-16,23H,2-9,11,13-14,22H2,1H3. The van der Waals surface area contributed by atoms with Crippen molar-refractivity contribution < 1.29 is 4.74 Å². The van der Waals surface area contributed by atoms with Crippen LogP contribution in [0.4, 0.5) is 0 Å². The third-order valence-electron chi connectivity index (χ3n) is 5.21. The van der Waals surface area contributed by atoms with Crippen LogP contribution in [0.25, 0.3) is 10.9 Å². The van der Waals surface area contributed by atoms with E-state index in [9.17, 15) is 0 Å². The van der Waals surface area contributed by atoms with Crippen molar-refractivity contribution in [3.8, 4) is 5.75 Å². The van der Waals surface area contributed by atoms with Crippen LogP contribution in [-0.4, -0.2) is 17.6 Å². The number of fused-ring (bicyclic) bond motifs is 3. The summed E-state index contributed by atoms with van der Waals surface area (Å²) in [5, 5.41) is 1.30. The second kappa shape index (κ2) is 8.57. The van der Waals surface area contributed by atoms with Crippen LogP contribution in [0.3, 0.4) is 0 Å². The van der Waals surface area contributed by atoms with Crippen LogP contribution in [0.5, 0.6) is 5.75 Å². The number of nitrogens with one attached hydrogen (secondary N) is 1. The number of unbranched alkanes of at least 4 members (excludes halogenated alkanes) is 6. The number of H-pyrrole nitrogens is 1. The molecule has 0 aliphatic heterocycles. The Kier molecular flexibility index (Phi) is 6.19. The summed E-state index contributed by atoms with van der Waals surface area (Å²) in [6.07, 6.45) is 12.4. The average Bonchev–Trinajstić information content (AvgIpc) is 2.94. The van der Waals surface area contributed by atoms with E-state index in [1.807, 2.05) is 0 Å². The van der Waals surface area contributed by atoms with E-state index in [1.165, 1.54) is 60.7 Å².